The summed E-state index contributed by atoms with van der Waals surface area (Å²) >= 11 is 0. The van der Waals surface area contributed by atoms with Gasteiger partial charge in [-0.1, -0.05) is 0 Å². The third-order valence-corrected chi connectivity index (χ3v) is 4.35. The smallest absolute Gasteiger partial charge is 0.407 e. The highest BCUT2D eigenvalue weighted by Crippen LogP contribution is 2.39. The number of halogens is 1. The summed E-state index contributed by atoms with van der Waals surface area (Å²) in [4.78, 5) is 14.5. The predicted molar refractivity (Wildman–Crippen MR) is 76.6 cm³/mol. The van der Waals surface area contributed by atoms with Crippen molar-refractivity contribution in [2.75, 3.05) is 25.0 Å². The van der Waals surface area contributed by atoms with Gasteiger partial charge in [-0.25, -0.2) is 9.18 Å². The van der Waals surface area contributed by atoms with Crippen LogP contribution >= 0.6 is 0 Å². The molecule has 0 aliphatic carbocycles. The molecule has 0 saturated carbocycles. The molecule has 1 fully saturated rings. The molecule has 1 N–H and O–H groups in total. The number of amides is 1. The molecule has 3 rings (SSSR count). The highest BCUT2D eigenvalue weighted by atomic mass is 19.1. The molecule has 2 aliphatic heterocycles. The summed E-state index contributed by atoms with van der Waals surface area (Å²) in [5, 5.41) is 9.06. The summed E-state index contributed by atoms with van der Waals surface area (Å²) < 4.78 is 19.4. The van der Waals surface area contributed by atoms with E-state index >= 15 is 0 Å². The third kappa shape index (κ3) is 2.39. The molecule has 114 valence electrons. The van der Waals surface area contributed by atoms with Gasteiger partial charge in [-0.3, -0.25) is 0 Å². The van der Waals surface area contributed by atoms with Gasteiger partial charge in [0.1, 0.15) is 6.10 Å². The Bertz CT molecular complexity index is 578. The van der Waals surface area contributed by atoms with Crippen molar-refractivity contribution >= 4 is 11.8 Å². The maximum Gasteiger partial charge on any atom is 0.407 e. The first kappa shape index (κ1) is 14.0. The van der Waals surface area contributed by atoms with Gasteiger partial charge >= 0.3 is 6.09 Å². The average molecular weight is 294 g/mol. The fourth-order valence-corrected chi connectivity index (χ4v) is 3.17. The van der Waals surface area contributed by atoms with Gasteiger partial charge in [0, 0.05) is 37.8 Å². The Balaban J connectivity index is 1.84. The minimum Gasteiger partial charge on any atom is -0.487 e. The Morgan fingerprint density at radius 1 is 1.52 bits per heavy atom. The Morgan fingerprint density at radius 3 is 3.00 bits per heavy atom. The van der Waals surface area contributed by atoms with Crippen LogP contribution in [0.2, 0.25) is 0 Å². The van der Waals surface area contributed by atoms with E-state index in [-0.39, 0.29) is 18.0 Å². The van der Waals surface area contributed by atoms with Crippen molar-refractivity contribution in [1.82, 2.24) is 4.90 Å². The standard InChI is InChI=1S/C15H19FN2O3/c1-9-7-11-13(4-3-12(16)14(11)21-9)18-6-5-10(8-18)17(2)15(19)20/h3-4,9-10H,5-8H2,1-2H3,(H,19,20)/t9?,10-/m0/s1. The lowest BCUT2D eigenvalue weighted by Crippen LogP contribution is -2.38. The number of carboxylic acid groups (broad SMARTS) is 1. The van der Waals surface area contributed by atoms with Crippen LogP contribution in [-0.4, -0.2) is 48.4 Å². The number of carbonyl (C=O) groups is 1. The molecule has 1 saturated heterocycles. The average Bonchev–Trinajstić information content (AvgIpc) is 3.05. The lowest BCUT2D eigenvalue weighted by Gasteiger charge is -2.24. The number of likely N-dealkylation sites (N-methyl/N-ethyl adjacent to an activating group) is 1. The van der Waals surface area contributed by atoms with E-state index in [1.54, 1.807) is 13.1 Å². The van der Waals surface area contributed by atoms with Crippen LogP contribution in [0.1, 0.15) is 18.9 Å². The largest absolute Gasteiger partial charge is 0.487 e. The van der Waals surface area contributed by atoms with E-state index in [0.717, 1.165) is 24.2 Å². The van der Waals surface area contributed by atoms with Crippen LogP contribution in [0.15, 0.2) is 12.1 Å². The number of rotatable bonds is 2. The van der Waals surface area contributed by atoms with Gasteiger partial charge in [0.2, 0.25) is 0 Å². The molecule has 2 atom stereocenters. The number of ether oxygens (including phenoxy) is 1. The van der Waals surface area contributed by atoms with Crippen molar-refractivity contribution in [3.63, 3.8) is 0 Å². The lowest BCUT2D eigenvalue weighted by atomic mass is 10.1. The van der Waals surface area contributed by atoms with Crippen LogP contribution in [0, 0.1) is 5.82 Å². The van der Waals surface area contributed by atoms with E-state index in [1.165, 1.54) is 11.0 Å². The topological polar surface area (TPSA) is 53.0 Å². The van der Waals surface area contributed by atoms with Gasteiger partial charge in [0.15, 0.2) is 11.6 Å². The summed E-state index contributed by atoms with van der Waals surface area (Å²) in [6.45, 7) is 3.33. The molecule has 0 aromatic heterocycles. The van der Waals surface area contributed by atoms with E-state index in [0.29, 0.717) is 18.7 Å². The molecule has 0 radical (unpaired) electrons. The van der Waals surface area contributed by atoms with Crippen molar-refractivity contribution in [1.29, 1.82) is 0 Å². The highest BCUT2D eigenvalue weighted by Gasteiger charge is 2.33. The molecule has 1 unspecified atom stereocenters. The maximum atomic E-state index is 13.8. The molecule has 0 spiro atoms. The summed E-state index contributed by atoms with van der Waals surface area (Å²) in [7, 11) is 1.59. The molecule has 2 aliphatic rings. The van der Waals surface area contributed by atoms with Crippen molar-refractivity contribution < 1.29 is 19.0 Å². The molecule has 0 bridgehead atoms. The molecule has 1 aromatic carbocycles. The van der Waals surface area contributed by atoms with E-state index in [2.05, 4.69) is 4.90 Å². The Kier molecular flexibility index (Phi) is 3.39. The maximum absolute atomic E-state index is 13.8. The molecule has 6 heteroatoms. The van der Waals surface area contributed by atoms with Gasteiger partial charge in [-0.05, 0) is 25.5 Å². The first-order valence-corrected chi connectivity index (χ1v) is 7.16. The molecular weight excluding hydrogens is 275 g/mol. The van der Waals surface area contributed by atoms with Crippen LogP contribution in [0.5, 0.6) is 5.75 Å². The third-order valence-electron chi connectivity index (χ3n) is 4.35. The van der Waals surface area contributed by atoms with Crippen LogP contribution in [0.4, 0.5) is 14.9 Å². The van der Waals surface area contributed by atoms with Crippen LogP contribution < -0.4 is 9.64 Å². The fraction of sp³-hybridized carbons (Fsp3) is 0.533. The highest BCUT2D eigenvalue weighted by molar-refractivity contribution is 5.66. The molecule has 1 aromatic rings. The zero-order valence-electron chi connectivity index (χ0n) is 12.2. The van der Waals surface area contributed by atoms with Crippen LogP contribution in [0.3, 0.4) is 0 Å². The first-order chi connectivity index (χ1) is 9.97. The number of benzene rings is 1. The zero-order valence-corrected chi connectivity index (χ0v) is 12.2. The van der Waals surface area contributed by atoms with Crippen molar-refractivity contribution in [3.05, 3.63) is 23.5 Å². The fourth-order valence-electron chi connectivity index (χ4n) is 3.17. The van der Waals surface area contributed by atoms with Gasteiger partial charge in [-0.2, -0.15) is 0 Å². The number of hydrogen-bond donors (Lipinski definition) is 1. The number of hydrogen-bond acceptors (Lipinski definition) is 3. The second-order valence-corrected chi connectivity index (χ2v) is 5.79. The monoisotopic (exact) mass is 294 g/mol. The summed E-state index contributed by atoms with van der Waals surface area (Å²) in [5.41, 5.74) is 1.87. The summed E-state index contributed by atoms with van der Waals surface area (Å²) in [6.07, 6.45) is 0.544. The van der Waals surface area contributed by atoms with E-state index < -0.39 is 6.09 Å². The second-order valence-electron chi connectivity index (χ2n) is 5.79. The van der Waals surface area contributed by atoms with Crippen molar-refractivity contribution in [3.8, 4) is 5.75 Å². The Morgan fingerprint density at radius 2 is 2.29 bits per heavy atom. The number of fused-ring (bicyclic) bond motifs is 1. The number of anilines is 1. The van der Waals surface area contributed by atoms with E-state index in [4.69, 9.17) is 9.84 Å². The molecule has 1 amide bonds. The lowest BCUT2D eigenvalue weighted by molar-refractivity contribution is 0.142. The molecule has 2 heterocycles. The van der Waals surface area contributed by atoms with Crippen LogP contribution in [0.25, 0.3) is 0 Å². The summed E-state index contributed by atoms with van der Waals surface area (Å²) in [5.74, 6) is 0.0338. The van der Waals surface area contributed by atoms with Gasteiger partial charge in [0.05, 0.1) is 6.04 Å². The Labute approximate surface area is 122 Å². The Hall–Kier alpha value is -1.98. The first-order valence-electron chi connectivity index (χ1n) is 7.16. The molecular formula is C15H19FN2O3. The number of nitrogens with zero attached hydrogens (tertiary/aromatic N) is 2. The predicted octanol–water partition coefficient (Wildman–Crippen LogP) is 2.34. The van der Waals surface area contributed by atoms with Crippen molar-refractivity contribution in [2.24, 2.45) is 0 Å². The quantitative estimate of drug-likeness (QED) is 0.909. The zero-order chi connectivity index (χ0) is 15.1. The van der Waals surface area contributed by atoms with E-state index in [1.807, 2.05) is 6.92 Å². The minimum atomic E-state index is -0.914. The van der Waals surface area contributed by atoms with Crippen LogP contribution in [-0.2, 0) is 6.42 Å². The van der Waals surface area contributed by atoms with E-state index in [9.17, 15) is 9.18 Å². The minimum absolute atomic E-state index is 0.0178. The van der Waals surface area contributed by atoms with Gasteiger partial charge in [-0.15, -0.1) is 0 Å². The van der Waals surface area contributed by atoms with Gasteiger partial charge in [0.25, 0.3) is 0 Å². The van der Waals surface area contributed by atoms with Crippen molar-refractivity contribution in [2.45, 2.75) is 31.9 Å². The molecule has 5 nitrogen and oxygen atoms in total. The van der Waals surface area contributed by atoms with Gasteiger partial charge < -0.3 is 19.6 Å². The second kappa shape index (κ2) is 5.09. The summed E-state index contributed by atoms with van der Waals surface area (Å²) in [6, 6.07) is 3.18. The molecule has 21 heavy (non-hydrogen) atoms. The normalized spacial score (nSPS) is 23.9. The SMILES string of the molecule is CC1Cc2c(N3CC[C@H](N(C)C(=O)O)C3)ccc(F)c2O1.